The maximum absolute atomic E-state index is 12.8. The predicted molar refractivity (Wildman–Crippen MR) is 90.1 cm³/mol. The van der Waals surface area contributed by atoms with Gasteiger partial charge in [0.2, 0.25) is 0 Å². The van der Waals surface area contributed by atoms with Crippen molar-refractivity contribution in [1.82, 2.24) is 10.2 Å². The first-order valence-corrected chi connectivity index (χ1v) is 8.07. The zero-order valence-corrected chi connectivity index (χ0v) is 13.4. The molecule has 0 aromatic heterocycles. The molecule has 1 aromatic carbocycles. The molecule has 0 bridgehead atoms. The van der Waals surface area contributed by atoms with Gasteiger partial charge in [-0.15, -0.1) is 0 Å². The van der Waals surface area contributed by atoms with Crippen LogP contribution < -0.4 is 10.6 Å². The second-order valence-corrected chi connectivity index (χ2v) is 6.17. The van der Waals surface area contributed by atoms with Gasteiger partial charge in [-0.2, -0.15) is 0 Å². The fourth-order valence-electron chi connectivity index (χ4n) is 2.50. The van der Waals surface area contributed by atoms with Crippen LogP contribution in [0.2, 0.25) is 0 Å². The quantitative estimate of drug-likeness (QED) is 0.645. The Kier molecular flexibility index (Phi) is 6.39. The molecule has 1 aromatic rings. The highest BCUT2D eigenvalue weighted by molar-refractivity contribution is 7.80. The summed E-state index contributed by atoms with van der Waals surface area (Å²) in [7, 11) is 0. The Hall–Kier alpha value is -1.20. The summed E-state index contributed by atoms with van der Waals surface area (Å²) in [6.07, 6.45) is 3.72. The molecule has 3 nitrogen and oxygen atoms in total. The maximum Gasteiger partial charge on any atom is 0.170 e. The molecule has 1 fully saturated rings. The second kappa shape index (κ2) is 8.29. The molecule has 116 valence electrons. The number of anilines is 1. The van der Waals surface area contributed by atoms with Crippen LogP contribution in [0.15, 0.2) is 24.3 Å². The van der Waals surface area contributed by atoms with Crippen molar-refractivity contribution >= 4 is 23.0 Å². The molecule has 1 saturated heterocycles. The molecular formula is C16H24FN3S. The summed E-state index contributed by atoms with van der Waals surface area (Å²) in [5.41, 5.74) is 0.805. The van der Waals surface area contributed by atoms with Crippen molar-refractivity contribution in [2.24, 2.45) is 5.92 Å². The third-order valence-corrected chi connectivity index (χ3v) is 4.16. The predicted octanol–water partition coefficient (Wildman–Crippen LogP) is 3.23. The highest BCUT2D eigenvalue weighted by atomic mass is 32.1. The van der Waals surface area contributed by atoms with Crippen molar-refractivity contribution in [3.8, 4) is 0 Å². The number of piperidine rings is 1. The molecule has 21 heavy (non-hydrogen) atoms. The molecule has 0 aliphatic carbocycles. The third kappa shape index (κ3) is 5.98. The van der Waals surface area contributed by atoms with E-state index in [1.807, 2.05) is 0 Å². The molecule has 0 radical (unpaired) electrons. The Morgan fingerprint density at radius 2 is 1.95 bits per heavy atom. The number of hydrogen-bond acceptors (Lipinski definition) is 2. The van der Waals surface area contributed by atoms with Crippen molar-refractivity contribution in [3.63, 3.8) is 0 Å². The molecule has 1 aliphatic heterocycles. The van der Waals surface area contributed by atoms with Gasteiger partial charge in [-0.25, -0.2) is 4.39 Å². The van der Waals surface area contributed by atoms with Crippen LogP contribution in [-0.2, 0) is 0 Å². The van der Waals surface area contributed by atoms with E-state index in [1.54, 1.807) is 12.1 Å². The average molecular weight is 309 g/mol. The molecule has 0 saturated carbocycles. The second-order valence-electron chi connectivity index (χ2n) is 5.77. The number of likely N-dealkylation sites (tertiary alicyclic amines) is 1. The minimum Gasteiger partial charge on any atom is -0.362 e. The Balaban J connectivity index is 1.58. The maximum atomic E-state index is 12.8. The molecular weight excluding hydrogens is 285 g/mol. The van der Waals surface area contributed by atoms with Gasteiger partial charge in [0, 0.05) is 12.2 Å². The number of rotatable bonds is 5. The van der Waals surface area contributed by atoms with E-state index < -0.39 is 0 Å². The molecule has 5 heteroatoms. The Morgan fingerprint density at radius 1 is 1.29 bits per heavy atom. The van der Waals surface area contributed by atoms with Crippen LogP contribution in [0.4, 0.5) is 10.1 Å². The van der Waals surface area contributed by atoms with Crippen molar-refractivity contribution in [2.45, 2.75) is 26.2 Å². The Bertz CT molecular complexity index is 441. The molecule has 2 rings (SSSR count). The van der Waals surface area contributed by atoms with E-state index in [0.29, 0.717) is 5.11 Å². The smallest absolute Gasteiger partial charge is 0.170 e. The highest BCUT2D eigenvalue weighted by Crippen LogP contribution is 2.15. The first-order chi connectivity index (χ1) is 10.1. The highest BCUT2D eigenvalue weighted by Gasteiger charge is 2.14. The number of thiocarbonyl (C=S) groups is 1. The lowest BCUT2D eigenvalue weighted by molar-refractivity contribution is 0.191. The number of benzene rings is 1. The van der Waals surface area contributed by atoms with E-state index in [9.17, 15) is 4.39 Å². The van der Waals surface area contributed by atoms with E-state index in [4.69, 9.17) is 12.2 Å². The van der Waals surface area contributed by atoms with E-state index in [1.165, 1.54) is 38.1 Å². The van der Waals surface area contributed by atoms with Crippen molar-refractivity contribution < 1.29 is 4.39 Å². The lowest BCUT2D eigenvalue weighted by Gasteiger charge is -2.30. The summed E-state index contributed by atoms with van der Waals surface area (Å²) in [5, 5.41) is 6.84. The largest absolute Gasteiger partial charge is 0.362 e. The number of nitrogens with one attached hydrogen (secondary N) is 2. The zero-order valence-electron chi connectivity index (χ0n) is 12.6. The van der Waals surface area contributed by atoms with Crippen LogP contribution in [0.5, 0.6) is 0 Å². The van der Waals surface area contributed by atoms with E-state index in [-0.39, 0.29) is 5.82 Å². The summed E-state index contributed by atoms with van der Waals surface area (Å²) in [4.78, 5) is 2.53. The molecule has 1 aliphatic rings. The van der Waals surface area contributed by atoms with Gasteiger partial charge in [-0.05, 0) is 81.3 Å². The standard InChI is InChI=1S/C16H24FN3S/c1-13-7-11-20(12-8-13)10-2-9-18-16(21)19-15-5-3-14(17)4-6-15/h3-6,13H,2,7-12H2,1H3,(H2,18,19,21). The average Bonchev–Trinajstić information content (AvgIpc) is 2.48. The molecule has 0 unspecified atom stereocenters. The van der Waals surface area contributed by atoms with Crippen LogP contribution in [0.25, 0.3) is 0 Å². The van der Waals surface area contributed by atoms with Crippen molar-refractivity contribution in [3.05, 3.63) is 30.1 Å². The fourth-order valence-corrected chi connectivity index (χ4v) is 2.72. The zero-order chi connectivity index (χ0) is 15.1. The monoisotopic (exact) mass is 309 g/mol. The minimum absolute atomic E-state index is 0.240. The van der Waals surface area contributed by atoms with Gasteiger partial charge < -0.3 is 15.5 Å². The lowest BCUT2D eigenvalue weighted by atomic mass is 9.99. The summed E-state index contributed by atoms with van der Waals surface area (Å²) in [6, 6.07) is 6.20. The third-order valence-electron chi connectivity index (χ3n) is 3.92. The molecule has 0 atom stereocenters. The van der Waals surface area contributed by atoms with E-state index >= 15 is 0 Å². The summed E-state index contributed by atoms with van der Waals surface area (Å²) in [5.74, 6) is 0.641. The molecule has 0 spiro atoms. The van der Waals surface area contributed by atoms with Crippen LogP contribution in [0.1, 0.15) is 26.2 Å². The normalized spacial score (nSPS) is 16.7. The number of nitrogens with zero attached hydrogens (tertiary/aromatic N) is 1. The number of halogens is 1. The van der Waals surface area contributed by atoms with Gasteiger partial charge in [0.05, 0.1) is 0 Å². The van der Waals surface area contributed by atoms with Crippen LogP contribution in [-0.4, -0.2) is 36.2 Å². The van der Waals surface area contributed by atoms with Crippen LogP contribution in [0, 0.1) is 11.7 Å². The minimum atomic E-state index is -0.240. The lowest BCUT2D eigenvalue weighted by Crippen LogP contribution is -2.36. The summed E-state index contributed by atoms with van der Waals surface area (Å²) in [6.45, 7) is 6.76. The SMILES string of the molecule is CC1CCN(CCCNC(=S)Nc2ccc(F)cc2)CC1. The van der Waals surface area contributed by atoms with Gasteiger partial charge in [0.1, 0.15) is 5.82 Å². The van der Waals surface area contributed by atoms with Crippen molar-refractivity contribution in [1.29, 1.82) is 0 Å². The van der Waals surface area contributed by atoms with Gasteiger partial charge in [0.25, 0.3) is 0 Å². The molecule has 2 N–H and O–H groups in total. The van der Waals surface area contributed by atoms with E-state index in [2.05, 4.69) is 22.5 Å². The topological polar surface area (TPSA) is 27.3 Å². The van der Waals surface area contributed by atoms with Gasteiger partial charge in [-0.3, -0.25) is 0 Å². The fraction of sp³-hybridized carbons (Fsp3) is 0.562. The first-order valence-electron chi connectivity index (χ1n) is 7.66. The first kappa shape index (κ1) is 16.2. The van der Waals surface area contributed by atoms with Gasteiger partial charge in [-0.1, -0.05) is 6.92 Å². The number of hydrogen-bond donors (Lipinski definition) is 2. The van der Waals surface area contributed by atoms with Crippen molar-refractivity contribution in [2.75, 3.05) is 31.5 Å². The molecule has 1 heterocycles. The summed E-state index contributed by atoms with van der Waals surface area (Å²) < 4.78 is 12.8. The Labute approximate surface area is 131 Å². The van der Waals surface area contributed by atoms with Crippen LogP contribution in [0.3, 0.4) is 0 Å². The van der Waals surface area contributed by atoms with Gasteiger partial charge in [0.15, 0.2) is 5.11 Å². The van der Waals surface area contributed by atoms with Crippen LogP contribution >= 0.6 is 12.2 Å². The Morgan fingerprint density at radius 3 is 2.62 bits per heavy atom. The summed E-state index contributed by atoms with van der Waals surface area (Å²) >= 11 is 5.22. The van der Waals surface area contributed by atoms with Gasteiger partial charge >= 0.3 is 0 Å². The molecule has 0 amide bonds. The van der Waals surface area contributed by atoms with E-state index in [0.717, 1.165) is 31.1 Å².